The number of halogens is 3. The SMILES string of the molecule is O=C(CC(F)(F)F)NCc1cnn(-c2ccccc2)c1. The minimum atomic E-state index is -4.49. The van der Waals surface area contributed by atoms with Gasteiger partial charge in [-0.25, -0.2) is 4.68 Å². The molecule has 0 unspecified atom stereocenters. The summed E-state index contributed by atoms with van der Waals surface area (Å²) in [6.07, 6.45) is -2.80. The van der Waals surface area contributed by atoms with Crippen LogP contribution in [0, 0.1) is 0 Å². The molecule has 2 aromatic rings. The Morgan fingerprint density at radius 1 is 1.25 bits per heavy atom. The highest BCUT2D eigenvalue weighted by atomic mass is 19.4. The highest BCUT2D eigenvalue weighted by molar-refractivity contribution is 5.76. The van der Waals surface area contributed by atoms with Gasteiger partial charge in [0.25, 0.3) is 0 Å². The van der Waals surface area contributed by atoms with Crippen molar-refractivity contribution in [2.45, 2.75) is 19.1 Å². The molecule has 0 atom stereocenters. The summed E-state index contributed by atoms with van der Waals surface area (Å²) in [5.41, 5.74) is 1.46. The molecule has 0 spiro atoms. The number of hydrogen-bond donors (Lipinski definition) is 1. The Balaban J connectivity index is 1.92. The smallest absolute Gasteiger partial charge is 0.352 e. The largest absolute Gasteiger partial charge is 0.397 e. The number of hydrogen-bond acceptors (Lipinski definition) is 2. The van der Waals surface area contributed by atoms with Gasteiger partial charge in [-0.2, -0.15) is 18.3 Å². The number of amides is 1. The van der Waals surface area contributed by atoms with E-state index in [1.807, 2.05) is 30.3 Å². The van der Waals surface area contributed by atoms with Crippen molar-refractivity contribution in [2.24, 2.45) is 0 Å². The number of carbonyl (C=O) groups excluding carboxylic acids is 1. The summed E-state index contributed by atoms with van der Waals surface area (Å²) in [6, 6.07) is 9.26. The molecule has 106 valence electrons. The number of benzene rings is 1. The zero-order valence-corrected chi connectivity index (χ0v) is 10.4. The lowest BCUT2D eigenvalue weighted by atomic mass is 10.3. The molecule has 0 bridgehead atoms. The summed E-state index contributed by atoms with van der Waals surface area (Å²) in [5.74, 6) is -1.05. The second-order valence-corrected chi connectivity index (χ2v) is 4.20. The van der Waals surface area contributed by atoms with Gasteiger partial charge in [-0.05, 0) is 12.1 Å². The maximum Gasteiger partial charge on any atom is 0.397 e. The first kappa shape index (κ1) is 14.1. The fourth-order valence-corrected chi connectivity index (χ4v) is 1.62. The van der Waals surface area contributed by atoms with Crippen LogP contribution in [0.15, 0.2) is 42.7 Å². The van der Waals surface area contributed by atoms with Crippen LogP contribution in [-0.4, -0.2) is 21.9 Å². The van der Waals surface area contributed by atoms with E-state index in [-0.39, 0.29) is 6.54 Å². The van der Waals surface area contributed by atoms with Crippen molar-refractivity contribution >= 4 is 5.91 Å². The molecule has 0 aliphatic rings. The summed E-state index contributed by atoms with van der Waals surface area (Å²) in [6.45, 7) is 0.0156. The van der Waals surface area contributed by atoms with E-state index in [9.17, 15) is 18.0 Å². The molecule has 20 heavy (non-hydrogen) atoms. The van der Waals surface area contributed by atoms with E-state index in [1.165, 1.54) is 6.20 Å². The number of alkyl halides is 3. The maximum absolute atomic E-state index is 12.0. The van der Waals surface area contributed by atoms with Crippen LogP contribution < -0.4 is 5.32 Å². The van der Waals surface area contributed by atoms with Gasteiger partial charge in [0, 0.05) is 18.3 Å². The van der Waals surface area contributed by atoms with Gasteiger partial charge in [0.2, 0.25) is 5.91 Å². The minimum absolute atomic E-state index is 0.0156. The Morgan fingerprint density at radius 2 is 1.95 bits per heavy atom. The summed E-state index contributed by atoms with van der Waals surface area (Å²) in [4.78, 5) is 11.1. The van der Waals surface area contributed by atoms with Gasteiger partial charge >= 0.3 is 6.18 Å². The number of para-hydroxylation sites is 1. The first-order valence-electron chi connectivity index (χ1n) is 5.86. The van der Waals surface area contributed by atoms with Crippen LogP contribution in [0.2, 0.25) is 0 Å². The number of rotatable bonds is 4. The maximum atomic E-state index is 12.0. The first-order valence-corrected chi connectivity index (χ1v) is 5.86. The number of aromatic nitrogens is 2. The van der Waals surface area contributed by atoms with Gasteiger partial charge in [0.05, 0.1) is 11.9 Å². The van der Waals surface area contributed by atoms with Crippen molar-refractivity contribution in [3.05, 3.63) is 48.3 Å². The van der Waals surface area contributed by atoms with E-state index < -0.39 is 18.5 Å². The molecule has 1 aromatic carbocycles. The van der Waals surface area contributed by atoms with Gasteiger partial charge in [-0.1, -0.05) is 18.2 Å². The fourth-order valence-electron chi connectivity index (χ4n) is 1.62. The molecule has 1 N–H and O–H groups in total. The average molecular weight is 283 g/mol. The van der Waals surface area contributed by atoms with Crippen LogP contribution in [0.3, 0.4) is 0 Å². The van der Waals surface area contributed by atoms with Crippen molar-refractivity contribution in [1.29, 1.82) is 0 Å². The van der Waals surface area contributed by atoms with Gasteiger partial charge in [-0.3, -0.25) is 4.79 Å². The number of nitrogens with one attached hydrogen (secondary N) is 1. The lowest BCUT2D eigenvalue weighted by molar-refractivity contribution is -0.153. The van der Waals surface area contributed by atoms with Crippen LogP contribution in [0.1, 0.15) is 12.0 Å². The zero-order chi connectivity index (χ0) is 14.6. The topological polar surface area (TPSA) is 46.9 Å². The third kappa shape index (κ3) is 4.11. The molecule has 2 rings (SSSR count). The Hall–Kier alpha value is -2.31. The third-order valence-electron chi connectivity index (χ3n) is 2.51. The van der Waals surface area contributed by atoms with E-state index in [2.05, 4.69) is 10.4 Å². The fraction of sp³-hybridized carbons (Fsp3) is 0.231. The molecule has 0 radical (unpaired) electrons. The van der Waals surface area contributed by atoms with Crippen molar-refractivity contribution in [3.63, 3.8) is 0 Å². The highest BCUT2D eigenvalue weighted by Gasteiger charge is 2.30. The minimum Gasteiger partial charge on any atom is -0.352 e. The van der Waals surface area contributed by atoms with Crippen LogP contribution >= 0.6 is 0 Å². The van der Waals surface area contributed by atoms with Crippen LogP contribution in [0.5, 0.6) is 0 Å². The van der Waals surface area contributed by atoms with Crippen molar-refractivity contribution in [2.75, 3.05) is 0 Å². The standard InChI is InChI=1S/C13H12F3N3O/c14-13(15,16)6-12(20)17-7-10-8-18-19(9-10)11-4-2-1-3-5-11/h1-5,8-9H,6-7H2,(H,17,20). The Bertz CT molecular complexity index is 578. The number of nitrogens with zero attached hydrogens (tertiary/aromatic N) is 2. The lowest BCUT2D eigenvalue weighted by Crippen LogP contribution is -2.27. The second-order valence-electron chi connectivity index (χ2n) is 4.20. The molecular formula is C13H12F3N3O. The monoisotopic (exact) mass is 283 g/mol. The number of carbonyl (C=O) groups is 1. The molecule has 0 aliphatic heterocycles. The summed E-state index contributed by atoms with van der Waals surface area (Å²) >= 11 is 0. The van der Waals surface area contributed by atoms with Crippen molar-refractivity contribution in [1.82, 2.24) is 15.1 Å². The van der Waals surface area contributed by atoms with Gasteiger partial charge in [-0.15, -0.1) is 0 Å². The summed E-state index contributed by atoms with van der Waals surface area (Å²) < 4.78 is 37.5. The average Bonchev–Trinajstić information content (AvgIpc) is 2.84. The first-order chi connectivity index (χ1) is 9.44. The molecule has 1 heterocycles. The van der Waals surface area contributed by atoms with Gasteiger partial charge in [0.15, 0.2) is 0 Å². The second kappa shape index (κ2) is 5.77. The third-order valence-corrected chi connectivity index (χ3v) is 2.51. The molecule has 1 amide bonds. The Labute approximate surface area is 113 Å². The van der Waals surface area contributed by atoms with E-state index in [4.69, 9.17) is 0 Å². The molecule has 4 nitrogen and oxygen atoms in total. The van der Waals surface area contributed by atoms with E-state index >= 15 is 0 Å². The normalized spacial score (nSPS) is 11.3. The Morgan fingerprint density at radius 3 is 2.60 bits per heavy atom. The van der Waals surface area contributed by atoms with Gasteiger partial charge in [0.1, 0.15) is 6.42 Å². The van der Waals surface area contributed by atoms with E-state index in [1.54, 1.807) is 10.9 Å². The molecule has 0 saturated carbocycles. The Kier molecular flexibility index (Phi) is 4.07. The van der Waals surface area contributed by atoms with Gasteiger partial charge < -0.3 is 5.32 Å². The van der Waals surface area contributed by atoms with Crippen LogP contribution in [-0.2, 0) is 11.3 Å². The predicted octanol–water partition coefficient (Wildman–Crippen LogP) is 2.44. The van der Waals surface area contributed by atoms with Crippen molar-refractivity contribution in [3.8, 4) is 5.69 Å². The summed E-state index contributed by atoms with van der Waals surface area (Å²) in [7, 11) is 0. The van der Waals surface area contributed by atoms with Crippen LogP contribution in [0.4, 0.5) is 13.2 Å². The highest BCUT2D eigenvalue weighted by Crippen LogP contribution is 2.19. The van der Waals surface area contributed by atoms with E-state index in [0.717, 1.165) is 5.69 Å². The quantitative estimate of drug-likeness (QED) is 0.936. The molecule has 0 saturated heterocycles. The molecule has 0 fully saturated rings. The molecule has 7 heteroatoms. The van der Waals surface area contributed by atoms with E-state index in [0.29, 0.717) is 5.56 Å². The summed E-state index contributed by atoms with van der Waals surface area (Å²) in [5, 5.41) is 6.29. The lowest BCUT2D eigenvalue weighted by Gasteiger charge is -2.06. The van der Waals surface area contributed by atoms with Crippen LogP contribution in [0.25, 0.3) is 5.69 Å². The predicted molar refractivity (Wildman–Crippen MR) is 66.1 cm³/mol. The van der Waals surface area contributed by atoms with Crippen molar-refractivity contribution < 1.29 is 18.0 Å². The zero-order valence-electron chi connectivity index (χ0n) is 10.4. The molecule has 1 aromatic heterocycles. The molecular weight excluding hydrogens is 271 g/mol. The molecule has 0 aliphatic carbocycles.